The van der Waals surface area contributed by atoms with Gasteiger partial charge in [-0.3, -0.25) is 24.0 Å². The molecule has 0 fully saturated rings. The van der Waals surface area contributed by atoms with Crippen LogP contribution in [0.3, 0.4) is 0 Å². The molecule has 3 aromatic rings. The third kappa shape index (κ3) is 4.83. The maximum atomic E-state index is 13.2. The Kier molecular flexibility index (Phi) is 6.87. The van der Waals surface area contributed by atoms with Crippen LogP contribution in [-0.2, 0) is 11.4 Å². The van der Waals surface area contributed by atoms with Gasteiger partial charge >= 0.3 is 0 Å². The Balaban J connectivity index is 1.99. The van der Waals surface area contributed by atoms with E-state index in [0.29, 0.717) is 17.1 Å². The van der Waals surface area contributed by atoms with E-state index in [9.17, 15) is 9.59 Å². The van der Waals surface area contributed by atoms with Crippen LogP contribution in [0.5, 0.6) is 5.88 Å². The number of carbonyl (C=O) groups excluding carboxylic acids is 1. The summed E-state index contributed by atoms with van der Waals surface area (Å²) in [5.41, 5.74) is 3.03. The molecule has 9 heteroatoms. The Bertz CT molecular complexity index is 1190. The highest BCUT2D eigenvalue weighted by atomic mass is 79.9. The molecule has 8 nitrogen and oxygen atoms in total. The maximum Gasteiger partial charge on any atom is 0.277 e. The SMILES string of the molecule is CON(C)C(=O)c1ccc(C)c(-n2c(C)nc(OCc3cccc(C)n3)c(Br)c2=O)c1. The first-order valence-corrected chi connectivity index (χ1v) is 10.3. The van der Waals surface area contributed by atoms with Crippen LogP contribution in [0.15, 0.2) is 45.7 Å². The number of halogens is 1. The lowest BCUT2D eigenvalue weighted by Crippen LogP contribution is -2.27. The molecule has 31 heavy (non-hydrogen) atoms. The summed E-state index contributed by atoms with van der Waals surface area (Å²) in [6, 6.07) is 10.7. The number of carbonyl (C=O) groups is 1. The standard InChI is InChI=1S/C22H23BrN4O4/c1-13-9-10-16(21(28)26(4)30-5)11-18(13)27-15(3)25-20(19(23)22(27)29)31-12-17-8-6-7-14(2)24-17/h6-11H,12H2,1-5H3. The average Bonchev–Trinajstić information content (AvgIpc) is 2.75. The average molecular weight is 487 g/mol. The Hall–Kier alpha value is -3.04. The number of aromatic nitrogens is 3. The van der Waals surface area contributed by atoms with Gasteiger partial charge < -0.3 is 4.74 Å². The molecular formula is C22H23BrN4O4. The van der Waals surface area contributed by atoms with E-state index < -0.39 is 0 Å². The minimum absolute atomic E-state index is 0.183. The quantitative estimate of drug-likeness (QED) is 0.495. The fourth-order valence-corrected chi connectivity index (χ4v) is 3.41. The Morgan fingerprint density at radius 3 is 2.58 bits per heavy atom. The third-order valence-electron chi connectivity index (χ3n) is 4.73. The first-order chi connectivity index (χ1) is 14.7. The van der Waals surface area contributed by atoms with Crippen molar-refractivity contribution in [1.82, 2.24) is 19.6 Å². The van der Waals surface area contributed by atoms with Crippen LogP contribution in [-0.4, -0.2) is 39.7 Å². The third-order valence-corrected chi connectivity index (χ3v) is 5.40. The molecule has 162 valence electrons. The smallest absolute Gasteiger partial charge is 0.277 e. The van der Waals surface area contributed by atoms with E-state index in [4.69, 9.17) is 9.57 Å². The summed E-state index contributed by atoms with van der Waals surface area (Å²) in [5.74, 6) is 0.284. The minimum atomic E-state index is -0.340. The Morgan fingerprint density at radius 2 is 1.90 bits per heavy atom. The Labute approximate surface area is 188 Å². The number of benzene rings is 1. The lowest BCUT2D eigenvalue weighted by molar-refractivity contribution is -0.0757. The lowest BCUT2D eigenvalue weighted by atomic mass is 10.1. The zero-order valence-corrected chi connectivity index (χ0v) is 19.6. The zero-order valence-electron chi connectivity index (χ0n) is 18.0. The van der Waals surface area contributed by atoms with Crippen LogP contribution in [0.4, 0.5) is 0 Å². The zero-order chi connectivity index (χ0) is 22.7. The maximum absolute atomic E-state index is 13.2. The predicted molar refractivity (Wildman–Crippen MR) is 119 cm³/mol. The summed E-state index contributed by atoms with van der Waals surface area (Å²) in [6.07, 6.45) is 0. The van der Waals surface area contributed by atoms with E-state index in [2.05, 4.69) is 25.9 Å². The van der Waals surface area contributed by atoms with E-state index >= 15 is 0 Å². The van der Waals surface area contributed by atoms with Crippen LogP contribution in [0, 0.1) is 20.8 Å². The van der Waals surface area contributed by atoms with E-state index in [1.165, 1.54) is 18.7 Å². The molecule has 0 unspecified atom stereocenters. The molecule has 0 bridgehead atoms. The molecule has 2 aromatic heterocycles. The van der Waals surface area contributed by atoms with Crippen molar-refractivity contribution in [3.05, 3.63) is 79.6 Å². The van der Waals surface area contributed by atoms with Crippen LogP contribution >= 0.6 is 15.9 Å². The van der Waals surface area contributed by atoms with Gasteiger partial charge in [0.15, 0.2) is 0 Å². The molecule has 0 spiro atoms. The van der Waals surface area contributed by atoms with Gasteiger partial charge in [-0.25, -0.2) is 5.06 Å². The van der Waals surface area contributed by atoms with Gasteiger partial charge in [0.05, 0.1) is 18.5 Å². The van der Waals surface area contributed by atoms with Crippen molar-refractivity contribution in [2.45, 2.75) is 27.4 Å². The minimum Gasteiger partial charge on any atom is -0.470 e. The van der Waals surface area contributed by atoms with E-state index in [0.717, 1.165) is 22.0 Å². The van der Waals surface area contributed by atoms with E-state index in [-0.39, 0.29) is 28.4 Å². The summed E-state index contributed by atoms with van der Waals surface area (Å²) in [7, 11) is 2.93. The summed E-state index contributed by atoms with van der Waals surface area (Å²) in [4.78, 5) is 39.4. The first-order valence-electron chi connectivity index (χ1n) is 9.50. The van der Waals surface area contributed by atoms with E-state index in [1.807, 2.05) is 32.0 Å². The van der Waals surface area contributed by atoms with Crippen LogP contribution < -0.4 is 10.3 Å². The van der Waals surface area contributed by atoms with Crippen molar-refractivity contribution in [2.24, 2.45) is 0 Å². The predicted octanol–water partition coefficient (Wildman–Crippen LogP) is 3.53. The number of nitrogens with zero attached hydrogens (tertiary/aromatic N) is 4. The highest BCUT2D eigenvalue weighted by Gasteiger charge is 2.19. The first kappa shape index (κ1) is 22.6. The van der Waals surface area contributed by atoms with Crippen LogP contribution in [0.25, 0.3) is 5.69 Å². The second-order valence-corrected chi connectivity index (χ2v) is 7.76. The largest absolute Gasteiger partial charge is 0.470 e. The van der Waals surface area contributed by atoms with Crippen molar-refractivity contribution in [3.8, 4) is 11.6 Å². The van der Waals surface area contributed by atoms with Gasteiger partial charge in [-0.1, -0.05) is 12.1 Å². The van der Waals surface area contributed by atoms with Gasteiger partial charge in [0.1, 0.15) is 16.9 Å². The van der Waals surface area contributed by atoms with Gasteiger partial charge in [-0.15, -0.1) is 0 Å². The molecular weight excluding hydrogens is 464 g/mol. The summed E-state index contributed by atoms with van der Waals surface area (Å²) < 4.78 is 7.39. The van der Waals surface area contributed by atoms with E-state index in [1.54, 1.807) is 25.1 Å². The molecule has 3 rings (SSSR count). The van der Waals surface area contributed by atoms with Gasteiger partial charge in [0.25, 0.3) is 11.5 Å². The van der Waals surface area contributed by atoms with Crippen LogP contribution in [0.2, 0.25) is 0 Å². The van der Waals surface area contributed by atoms with Gasteiger partial charge in [-0.05, 0) is 66.5 Å². The number of hydrogen-bond donors (Lipinski definition) is 0. The van der Waals surface area contributed by atoms with Gasteiger partial charge in [0, 0.05) is 18.3 Å². The number of aryl methyl sites for hydroxylation is 3. The monoisotopic (exact) mass is 486 g/mol. The number of hydroxylamine groups is 2. The Morgan fingerprint density at radius 1 is 1.16 bits per heavy atom. The number of amides is 1. The molecule has 0 saturated heterocycles. The molecule has 1 aromatic carbocycles. The van der Waals surface area contributed by atoms with Crippen molar-refractivity contribution < 1.29 is 14.4 Å². The van der Waals surface area contributed by atoms with Crippen molar-refractivity contribution in [2.75, 3.05) is 14.2 Å². The molecule has 2 heterocycles. The summed E-state index contributed by atoms with van der Waals surface area (Å²) in [5, 5.41) is 1.12. The molecule has 0 atom stereocenters. The number of hydrogen-bond acceptors (Lipinski definition) is 6. The molecule has 0 radical (unpaired) electrons. The van der Waals surface area contributed by atoms with Crippen molar-refractivity contribution in [3.63, 3.8) is 0 Å². The number of ether oxygens (including phenoxy) is 1. The topological polar surface area (TPSA) is 86.6 Å². The van der Waals surface area contributed by atoms with Gasteiger partial charge in [-0.2, -0.15) is 4.98 Å². The molecule has 0 aliphatic heterocycles. The van der Waals surface area contributed by atoms with Crippen molar-refractivity contribution in [1.29, 1.82) is 0 Å². The summed E-state index contributed by atoms with van der Waals surface area (Å²) >= 11 is 3.32. The molecule has 1 amide bonds. The molecule has 0 aliphatic carbocycles. The molecule has 0 aliphatic rings. The fourth-order valence-electron chi connectivity index (χ4n) is 3.03. The van der Waals surface area contributed by atoms with Gasteiger partial charge in [0.2, 0.25) is 5.88 Å². The number of pyridine rings is 1. The second kappa shape index (κ2) is 9.40. The molecule has 0 N–H and O–H groups in total. The highest BCUT2D eigenvalue weighted by molar-refractivity contribution is 9.10. The normalized spacial score (nSPS) is 10.8. The molecule has 0 saturated carbocycles. The fraction of sp³-hybridized carbons (Fsp3) is 0.273. The number of rotatable bonds is 6. The second-order valence-electron chi connectivity index (χ2n) is 6.96. The summed E-state index contributed by atoms with van der Waals surface area (Å²) in [6.45, 7) is 5.65. The lowest BCUT2D eigenvalue weighted by Gasteiger charge is -2.17. The van der Waals surface area contributed by atoms with Crippen LogP contribution in [0.1, 0.15) is 33.1 Å². The highest BCUT2D eigenvalue weighted by Crippen LogP contribution is 2.23. The van der Waals surface area contributed by atoms with Crippen molar-refractivity contribution >= 4 is 21.8 Å².